The fraction of sp³-hybridized carbons (Fsp3) is 0.740. The summed E-state index contributed by atoms with van der Waals surface area (Å²) in [5.41, 5.74) is 17.2. The largest absolute Gasteiger partial charge is 0.459 e. The van der Waals surface area contributed by atoms with Crippen LogP contribution in [0.15, 0.2) is 52.7 Å². The standard InChI is InChI=1S/C50H77N5O12/c1-29-15-11-10-12-16-30(2)41(63-7)27-36-20-18-34(6)50(62,67-36)47(59)48(60)55-22-14-13-17-39(55)49(61)66-42(37(51)25-35-19-21-38(53-54-52)43(26-35)64-8)28-40(56)31(3)24-33(5)45(58)46(65-9)44(57)32(4)23-29/h10-12,15-16,24,29,31-32,34-39,41-43,45-46,58,62H,13-14,17-23,25-28,51H2,1-9H3/b12-10?,15-11+,30-16?,33-24+/t29-,31-,32-,34-,35+,36+,37-,38?,39+,41+,42+,43-,45-,46+,50-/m1/s1. The number of amides is 1. The van der Waals surface area contributed by atoms with Crippen LogP contribution < -0.4 is 5.73 Å². The highest BCUT2D eigenvalue weighted by Crippen LogP contribution is 2.37. The predicted octanol–water partition coefficient (Wildman–Crippen LogP) is 6.19. The lowest BCUT2D eigenvalue weighted by Gasteiger charge is -2.42. The smallest absolute Gasteiger partial charge is 0.329 e. The molecule has 374 valence electrons. The number of nitrogens with zero attached hydrogens (tertiary/aromatic N) is 4. The van der Waals surface area contributed by atoms with Gasteiger partial charge in [0.05, 0.1) is 24.4 Å². The van der Waals surface area contributed by atoms with Crippen molar-refractivity contribution >= 4 is 29.2 Å². The van der Waals surface area contributed by atoms with Crippen LogP contribution in [0.1, 0.15) is 119 Å². The quantitative estimate of drug-likeness (QED) is 0.0644. The number of cyclic esters (lactones) is 1. The monoisotopic (exact) mass is 940 g/mol. The molecule has 4 aliphatic rings. The third-order valence-electron chi connectivity index (χ3n) is 14.4. The molecule has 3 fully saturated rings. The number of ether oxygens (including phenoxy) is 5. The molecule has 0 radical (unpaired) electrons. The van der Waals surface area contributed by atoms with Crippen molar-refractivity contribution in [2.24, 2.45) is 40.4 Å². The summed E-state index contributed by atoms with van der Waals surface area (Å²) < 4.78 is 29.3. The normalized spacial score (nSPS) is 38.1. The summed E-state index contributed by atoms with van der Waals surface area (Å²) in [6.45, 7) is 10.7. The van der Waals surface area contributed by atoms with E-state index in [1.54, 1.807) is 48.0 Å². The topological polar surface area (TPSA) is 250 Å². The summed E-state index contributed by atoms with van der Waals surface area (Å²) in [4.78, 5) is 74.7. The van der Waals surface area contributed by atoms with Gasteiger partial charge in [-0.3, -0.25) is 19.2 Å². The third-order valence-corrected chi connectivity index (χ3v) is 14.4. The number of aliphatic hydroxyl groups is 2. The molecule has 1 saturated carbocycles. The molecule has 0 spiro atoms. The van der Waals surface area contributed by atoms with Gasteiger partial charge in [-0.1, -0.05) is 69.3 Å². The van der Waals surface area contributed by atoms with Gasteiger partial charge in [-0.25, -0.2) is 4.79 Å². The minimum atomic E-state index is -2.46. The maximum Gasteiger partial charge on any atom is 0.329 e. The fourth-order valence-electron chi connectivity index (χ4n) is 10.1. The van der Waals surface area contributed by atoms with Crippen LogP contribution in [0.3, 0.4) is 0 Å². The first-order valence-electron chi connectivity index (χ1n) is 24.1. The number of azide groups is 1. The van der Waals surface area contributed by atoms with E-state index in [0.29, 0.717) is 69.8 Å². The number of allylic oxidation sites excluding steroid dienone is 6. The van der Waals surface area contributed by atoms with Crippen molar-refractivity contribution in [3.05, 3.63) is 58.0 Å². The van der Waals surface area contributed by atoms with Crippen LogP contribution in [0.4, 0.5) is 0 Å². The number of carbonyl (C=O) groups is 5. The van der Waals surface area contributed by atoms with Gasteiger partial charge in [0.25, 0.3) is 11.7 Å². The lowest BCUT2D eigenvalue weighted by molar-refractivity contribution is -0.265. The lowest BCUT2D eigenvalue weighted by Crippen LogP contribution is -2.61. The molecule has 67 heavy (non-hydrogen) atoms. The first kappa shape index (κ1) is 55.5. The summed E-state index contributed by atoms with van der Waals surface area (Å²) >= 11 is 0. The fourth-order valence-corrected chi connectivity index (χ4v) is 10.1. The molecule has 1 aliphatic carbocycles. The summed E-state index contributed by atoms with van der Waals surface area (Å²) in [7, 11) is 4.47. The SMILES string of the molecule is CO[C@H]1C[C@@H]2CC[C@@H](C)[C@@](O)(O2)C(=O)C(=O)N2CCCC[C@H]2C(=O)O[C@H]([C@H](N)C[C@@H]2CCC(N=[N+]=[N-])[C@H](OC)C2)CC(=O)[C@H](C)/C=C(\C)[C@@H](O)[C@@H](OC)C(=O)[C@H](C)C[C@H](C)/C=C/C=CC=C1C. The average Bonchev–Trinajstić information content (AvgIpc) is 3.30. The van der Waals surface area contributed by atoms with E-state index < -0.39 is 83.8 Å². The van der Waals surface area contributed by atoms with E-state index in [2.05, 4.69) is 10.0 Å². The summed E-state index contributed by atoms with van der Waals surface area (Å²) in [6, 6.07) is -2.42. The Morgan fingerprint density at radius 1 is 0.925 bits per heavy atom. The van der Waals surface area contributed by atoms with E-state index in [-0.39, 0.29) is 54.9 Å². The molecule has 17 nitrogen and oxygen atoms in total. The number of methoxy groups -OCH3 is 3. The van der Waals surface area contributed by atoms with E-state index >= 15 is 0 Å². The summed E-state index contributed by atoms with van der Waals surface area (Å²) in [6.07, 6.45) is 10.6. The molecule has 4 N–H and O–H groups in total. The van der Waals surface area contributed by atoms with E-state index in [1.807, 2.05) is 44.2 Å². The number of hydrogen-bond donors (Lipinski definition) is 3. The Bertz CT molecular complexity index is 1900. The highest BCUT2D eigenvalue weighted by molar-refractivity contribution is 6.39. The van der Waals surface area contributed by atoms with E-state index in [0.717, 1.165) is 10.5 Å². The van der Waals surface area contributed by atoms with Gasteiger partial charge in [0.1, 0.15) is 30.1 Å². The molecule has 2 bridgehead atoms. The number of rotatable bonds is 7. The Morgan fingerprint density at radius 3 is 2.33 bits per heavy atom. The minimum absolute atomic E-state index is 0.00267. The van der Waals surface area contributed by atoms with Crippen LogP contribution in [0, 0.1) is 29.6 Å². The van der Waals surface area contributed by atoms with E-state index in [1.165, 1.54) is 7.11 Å². The Balaban J connectivity index is 1.71. The highest BCUT2D eigenvalue weighted by atomic mass is 16.6. The van der Waals surface area contributed by atoms with Crippen LogP contribution in [0.5, 0.6) is 0 Å². The van der Waals surface area contributed by atoms with Crippen LogP contribution in [-0.4, -0.2) is 133 Å². The number of ketones is 3. The van der Waals surface area contributed by atoms with Gasteiger partial charge in [-0.2, -0.15) is 0 Å². The van der Waals surface area contributed by atoms with Crippen molar-refractivity contribution in [2.75, 3.05) is 27.9 Å². The van der Waals surface area contributed by atoms with Gasteiger partial charge < -0.3 is 44.5 Å². The zero-order valence-corrected chi connectivity index (χ0v) is 41.1. The number of esters is 1. The Hall–Kier alpha value is -4.06. The second-order valence-corrected chi connectivity index (χ2v) is 19.5. The number of fused-ring (bicyclic) bond motifs is 3. The van der Waals surface area contributed by atoms with Crippen LogP contribution in [0.2, 0.25) is 0 Å². The van der Waals surface area contributed by atoms with Crippen molar-refractivity contribution in [3.63, 3.8) is 0 Å². The number of nitrogens with two attached hydrogens (primary N) is 1. The molecule has 4 rings (SSSR count). The van der Waals surface area contributed by atoms with Gasteiger partial charge >= 0.3 is 5.97 Å². The molecule has 15 atom stereocenters. The van der Waals surface area contributed by atoms with Gasteiger partial charge in [-0.05, 0) is 107 Å². The number of Topliss-reactive ketones (excluding diaryl/α,β-unsaturated/α-hetero) is 3. The van der Waals surface area contributed by atoms with Crippen LogP contribution in [0.25, 0.3) is 10.4 Å². The predicted molar refractivity (Wildman–Crippen MR) is 251 cm³/mol. The van der Waals surface area contributed by atoms with E-state index in [4.69, 9.17) is 34.9 Å². The molecule has 3 aliphatic heterocycles. The molecular formula is C50H77N5O12. The second kappa shape index (κ2) is 26.1. The highest BCUT2D eigenvalue weighted by Gasteiger charge is 2.53. The molecule has 2 saturated heterocycles. The third kappa shape index (κ3) is 14.7. The van der Waals surface area contributed by atoms with Gasteiger partial charge in [0, 0.05) is 69.4 Å². The Labute approximate surface area is 396 Å². The van der Waals surface area contributed by atoms with Crippen LogP contribution >= 0.6 is 0 Å². The molecule has 1 amide bonds. The van der Waals surface area contributed by atoms with Crippen molar-refractivity contribution < 1.29 is 57.9 Å². The molecule has 1 unspecified atom stereocenters. The molecule has 17 heteroatoms. The maximum absolute atomic E-state index is 14.4. The van der Waals surface area contributed by atoms with Gasteiger partial charge in [0.2, 0.25) is 5.79 Å². The Morgan fingerprint density at radius 2 is 1.66 bits per heavy atom. The lowest BCUT2D eigenvalue weighted by atomic mass is 9.79. The minimum Gasteiger partial charge on any atom is -0.459 e. The number of piperidine rings is 1. The molecular weight excluding hydrogens is 863 g/mol. The summed E-state index contributed by atoms with van der Waals surface area (Å²) in [5.74, 6) is -8.21. The second-order valence-electron chi connectivity index (χ2n) is 19.5. The van der Waals surface area contributed by atoms with Gasteiger partial charge in [0.15, 0.2) is 5.78 Å². The molecule has 3 heterocycles. The first-order chi connectivity index (χ1) is 31.8. The average molecular weight is 940 g/mol. The number of hydrogen-bond acceptors (Lipinski definition) is 14. The van der Waals surface area contributed by atoms with Crippen molar-refractivity contribution in [2.45, 2.75) is 179 Å². The summed E-state index contributed by atoms with van der Waals surface area (Å²) in [5, 5.41) is 27.3. The molecule has 0 aromatic rings. The zero-order valence-electron chi connectivity index (χ0n) is 41.1. The first-order valence-corrected chi connectivity index (χ1v) is 24.1. The molecule has 0 aromatic carbocycles. The number of carbonyl (C=O) groups excluding carboxylic acids is 5. The zero-order chi connectivity index (χ0) is 49.6. The maximum atomic E-state index is 14.4. The molecule has 0 aromatic heterocycles. The van der Waals surface area contributed by atoms with Crippen molar-refractivity contribution in [1.82, 2.24) is 4.90 Å². The Kier molecular flexibility index (Phi) is 21.6. The number of aliphatic hydroxyl groups excluding tert-OH is 1. The van der Waals surface area contributed by atoms with Crippen LogP contribution in [-0.2, 0) is 47.7 Å². The van der Waals surface area contributed by atoms with Gasteiger partial charge in [-0.15, -0.1) is 0 Å². The van der Waals surface area contributed by atoms with E-state index in [9.17, 15) is 34.2 Å². The van der Waals surface area contributed by atoms with Crippen molar-refractivity contribution in [3.8, 4) is 0 Å². The van der Waals surface area contributed by atoms with Crippen molar-refractivity contribution in [1.29, 1.82) is 0 Å².